The highest BCUT2D eigenvalue weighted by atomic mass is 16.4. The van der Waals surface area contributed by atoms with Crippen molar-refractivity contribution in [2.24, 2.45) is 0 Å². The summed E-state index contributed by atoms with van der Waals surface area (Å²) in [6.07, 6.45) is 16.0. The molecule has 5 heteroatoms. The Balaban J connectivity index is 3.97. The minimum Gasteiger partial charge on any atom is -0.481 e. The molecule has 0 saturated carbocycles. The van der Waals surface area contributed by atoms with Crippen LogP contribution >= 0.6 is 0 Å². The molecule has 0 spiro atoms. The lowest BCUT2D eigenvalue weighted by Gasteiger charge is -2.13. The van der Waals surface area contributed by atoms with Gasteiger partial charge in [0.15, 0.2) is 0 Å². The predicted molar refractivity (Wildman–Crippen MR) is 100 cm³/mol. The largest absolute Gasteiger partial charge is 0.481 e. The summed E-state index contributed by atoms with van der Waals surface area (Å²) in [5.41, 5.74) is 0. The average molecular weight is 352 g/mol. The molecule has 0 unspecified atom stereocenters. The Bertz CT molecular complexity index is 451. The van der Waals surface area contributed by atoms with Gasteiger partial charge in [0.2, 0.25) is 0 Å². The fourth-order valence-electron chi connectivity index (χ4n) is 2.09. The number of aliphatic hydroxyl groups excluding tert-OH is 3. The summed E-state index contributed by atoms with van der Waals surface area (Å²) >= 11 is 0. The Hall–Kier alpha value is -1.69. The standard InChI is InChI=1S/C20H32O5/c1-2-3-8-12-17(21)13-9-6-4-5-7-10-14-18(22)19(23)15-11-16-20(24)25/h4-7,9-10,13-14,17-19,21-23H,2-3,8,11-12,15-16H2,1H3,(H,24,25)/b6-4-,7-5+,13-9+,14-10+/t17-,18+,19-/m1/s1. The first-order valence-corrected chi connectivity index (χ1v) is 8.91. The Morgan fingerprint density at radius 3 is 2.04 bits per heavy atom. The molecule has 0 amide bonds. The Labute approximate surface area is 150 Å². The Kier molecular flexibility index (Phi) is 14.7. The first kappa shape index (κ1) is 23.3. The summed E-state index contributed by atoms with van der Waals surface area (Å²) in [5, 5.41) is 37.6. The van der Waals surface area contributed by atoms with E-state index in [-0.39, 0.29) is 12.8 Å². The van der Waals surface area contributed by atoms with E-state index in [4.69, 9.17) is 5.11 Å². The molecular weight excluding hydrogens is 320 g/mol. The van der Waals surface area contributed by atoms with E-state index in [9.17, 15) is 20.1 Å². The van der Waals surface area contributed by atoms with Crippen molar-refractivity contribution in [2.45, 2.75) is 70.2 Å². The number of aliphatic hydroxyl groups is 3. The van der Waals surface area contributed by atoms with E-state index in [0.717, 1.165) is 25.7 Å². The van der Waals surface area contributed by atoms with Crippen molar-refractivity contribution in [3.63, 3.8) is 0 Å². The zero-order valence-electron chi connectivity index (χ0n) is 15.0. The molecule has 0 heterocycles. The van der Waals surface area contributed by atoms with Gasteiger partial charge in [0.25, 0.3) is 0 Å². The van der Waals surface area contributed by atoms with Crippen molar-refractivity contribution in [3.05, 3.63) is 48.6 Å². The number of carboxylic acid groups (broad SMARTS) is 1. The zero-order chi connectivity index (χ0) is 18.9. The lowest BCUT2D eigenvalue weighted by molar-refractivity contribution is -0.137. The van der Waals surface area contributed by atoms with Crippen LogP contribution in [0, 0.1) is 0 Å². The molecule has 0 aliphatic heterocycles. The van der Waals surface area contributed by atoms with Gasteiger partial charge >= 0.3 is 5.97 Å². The maximum atomic E-state index is 10.4. The molecule has 0 aliphatic carbocycles. The molecule has 142 valence electrons. The number of hydrogen-bond acceptors (Lipinski definition) is 4. The third-order valence-corrected chi connectivity index (χ3v) is 3.59. The van der Waals surface area contributed by atoms with Crippen LogP contribution in [-0.2, 0) is 4.79 Å². The lowest BCUT2D eigenvalue weighted by Crippen LogP contribution is -2.23. The van der Waals surface area contributed by atoms with Gasteiger partial charge in [-0.15, -0.1) is 0 Å². The summed E-state index contributed by atoms with van der Waals surface area (Å²) < 4.78 is 0. The third-order valence-electron chi connectivity index (χ3n) is 3.59. The molecule has 0 saturated heterocycles. The van der Waals surface area contributed by atoms with Crippen molar-refractivity contribution in [2.75, 3.05) is 0 Å². The van der Waals surface area contributed by atoms with Crippen LogP contribution in [0.2, 0.25) is 0 Å². The quantitative estimate of drug-likeness (QED) is 0.284. The highest BCUT2D eigenvalue weighted by molar-refractivity contribution is 5.66. The second-order valence-corrected chi connectivity index (χ2v) is 5.95. The third kappa shape index (κ3) is 15.6. The summed E-state index contributed by atoms with van der Waals surface area (Å²) in [6, 6.07) is 0. The molecule has 0 aromatic carbocycles. The van der Waals surface area contributed by atoms with Gasteiger partial charge in [-0.25, -0.2) is 0 Å². The number of unbranched alkanes of at least 4 members (excludes halogenated alkanes) is 2. The molecule has 0 radical (unpaired) electrons. The summed E-state index contributed by atoms with van der Waals surface area (Å²) in [4.78, 5) is 10.4. The molecule has 0 fully saturated rings. The van der Waals surface area contributed by atoms with Crippen molar-refractivity contribution >= 4 is 5.97 Å². The van der Waals surface area contributed by atoms with Gasteiger partial charge in [0, 0.05) is 6.42 Å². The van der Waals surface area contributed by atoms with Gasteiger partial charge in [-0.1, -0.05) is 74.8 Å². The summed E-state index contributed by atoms with van der Waals surface area (Å²) in [5.74, 6) is -0.908. The molecule has 4 N–H and O–H groups in total. The monoisotopic (exact) mass is 352 g/mol. The van der Waals surface area contributed by atoms with Crippen molar-refractivity contribution in [3.8, 4) is 0 Å². The van der Waals surface area contributed by atoms with Crippen molar-refractivity contribution < 1.29 is 25.2 Å². The lowest BCUT2D eigenvalue weighted by atomic mass is 10.1. The van der Waals surface area contributed by atoms with E-state index in [1.807, 2.05) is 6.08 Å². The summed E-state index contributed by atoms with van der Waals surface area (Å²) in [7, 11) is 0. The van der Waals surface area contributed by atoms with Gasteiger partial charge in [-0.2, -0.15) is 0 Å². The number of allylic oxidation sites excluding steroid dienone is 6. The van der Waals surface area contributed by atoms with Gasteiger partial charge in [0.05, 0.1) is 18.3 Å². The van der Waals surface area contributed by atoms with E-state index in [0.29, 0.717) is 6.42 Å². The number of rotatable bonds is 14. The van der Waals surface area contributed by atoms with Gasteiger partial charge < -0.3 is 20.4 Å². The minimum absolute atomic E-state index is 0.0149. The maximum Gasteiger partial charge on any atom is 0.303 e. The van der Waals surface area contributed by atoms with Crippen molar-refractivity contribution in [1.29, 1.82) is 0 Å². The predicted octanol–water partition coefficient (Wildman–Crippen LogP) is 3.13. The van der Waals surface area contributed by atoms with E-state index in [1.165, 1.54) is 6.08 Å². The highest BCUT2D eigenvalue weighted by Crippen LogP contribution is 2.06. The molecule has 25 heavy (non-hydrogen) atoms. The average Bonchev–Trinajstić information content (AvgIpc) is 2.56. The first-order chi connectivity index (χ1) is 12.0. The second-order valence-electron chi connectivity index (χ2n) is 5.95. The second kappa shape index (κ2) is 15.8. The molecule has 0 aromatic heterocycles. The molecule has 3 atom stereocenters. The van der Waals surface area contributed by atoms with E-state index in [1.54, 1.807) is 36.5 Å². The highest BCUT2D eigenvalue weighted by Gasteiger charge is 2.12. The van der Waals surface area contributed by atoms with E-state index in [2.05, 4.69) is 6.92 Å². The van der Waals surface area contributed by atoms with Gasteiger partial charge in [-0.05, 0) is 19.3 Å². The smallest absolute Gasteiger partial charge is 0.303 e. The van der Waals surface area contributed by atoms with Crippen LogP contribution in [0.4, 0.5) is 0 Å². The van der Waals surface area contributed by atoms with Crippen molar-refractivity contribution in [1.82, 2.24) is 0 Å². The minimum atomic E-state index is -1.01. The number of carboxylic acids is 1. The van der Waals surface area contributed by atoms with Crippen LogP contribution in [0.1, 0.15) is 51.9 Å². The zero-order valence-corrected chi connectivity index (χ0v) is 15.0. The number of hydrogen-bond donors (Lipinski definition) is 4. The van der Waals surface area contributed by atoms with Gasteiger partial charge in [-0.3, -0.25) is 4.79 Å². The van der Waals surface area contributed by atoms with Crippen LogP contribution in [0.5, 0.6) is 0 Å². The maximum absolute atomic E-state index is 10.4. The molecule has 5 nitrogen and oxygen atoms in total. The normalized spacial score (nSPS) is 16.3. The van der Waals surface area contributed by atoms with Crippen LogP contribution < -0.4 is 0 Å². The van der Waals surface area contributed by atoms with Crippen LogP contribution in [-0.4, -0.2) is 44.7 Å². The fourth-order valence-corrected chi connectivity index (χ4v) is 2.09. The first-order valence-electron chi connectivity index (χ1n) is 8.91. The van der Waals surface area contributed by atoms with E-state index < -0.39 is 24.3 Å². The summed E-state index contributed by atoms with van der Waals surface area (Å²) in [6.45, 7) is 2.13. The molecule has 0 aromatic rings. The molecular formula is C20H32O5. The van der Waals surface area contributed by atoms with Crippen LogP contribution in [0.25, 0.3) is 0 Å². The molecule has 0 rings (SSSR count). The van der Waals surface area contributed by atoms with E-state index >= 15 is 0 Å². The Morgan fingerprint density at radius 2 is 1.44 bits per heavy atom. The topological polar surface area (TPSA) is 98.0 Å². The Morgan fingerprint density at radius 1 is 0.840 bits per heavy atom. The number of aliphatic carboxylic acids is 1. The van der Waals surface area contributed by atoms with Gasteiger partial charge in [0.1, 0.15) is 0 Å². The molecule has 0 aliphatic rings. The SMILES string of the molecule is CCCCC[C@@H](O)/C=C/C=C\C=C\C=C\[C@H](O)[C@H](O)CCCC(=O)O. The fraction of sp³-hybridized carbons (Fsp3) is 0.550. The molecule has 0 bridgehead atoms. The van der Waals surface area contributed by atoms with Crippen LogP contribution in [0.15, 0.2) is 48.6 Å². The van der Waals surface area contributed by atoms with Crippen LogP contribution in [0.3, 0.4) is 0 Å². The number of carbonyl (C=O) groups is 1.